The number of hydrogen-bond acceptors (Lipinski definition) is 5. The molecule has 0 spiro atoms. The Morgan fingerprint density at radius 1 is 1.11 bits per heavy atom. The number of anilines is 1. The highest BCUT2D eigenvalue weighted by molar-refractivity contribution is 6.22. The van der Waals surface area contributed by atoms with E-state index in [1.54, 1.807) is 5.06 Å². The van der Waals surface area contributed by atoms with Crippen LogP contribution in [0.25, 0.3) is 0 Å². The fourth-order valence-electron chi connectivity index (χ4n) is 4.80. The summed E-state index contributed by atoms with van der Waals surface area (Å²) >= 11 is 6.71. The second-order valence-electron chi connectivity index (χ2n) is 7.92. The molecule has 3 fully saturated rings. The Morgan fingerprint density at radius 2 is 1.82 bits per heavy atom. The van der Waals surface area contributed by atoms with Crippen molar-refractivity contribution in [3.63, 3.8) is 0 Å². The number of alkyl halides is 1. The minimum absolute atomic E-state index is 0.0139. The number of hydroxylamine groups is 1. The summed E-state index contributed by atoms with van der Waals surface area (Å²) in [5.41, 5.74) is 0.779. The SMILES string of the molecule is O=C1[C@H]2[C@@H](C(Cl)CCCO)N(c3ccccc3)O[C@H]2C(=O)N1C1CCCCC1. The van der Waals surface area contributed by atoms with E-state index < -0.39 is 23.4 Å². The maximum Gasteiger partial charge on any atom is 0.262 e. The number of hydrogen-bond donors (Lipinski definition) is 1. The zero-order valence-corrected chi connectivity index (χ0v) is 16.6. The van der Waals surface area contributed by atoms with Gasteiger partial charge in [-0.3, -0.25) is 19.3 Å². The van der Waals surface area contributed by atoms with Crippen molar-refractivity contribution in [2.24, 2.45) is 5.92 Å². The fraction of sp³-hybridized carbons (Fsp3) is 0.619. The molecule has 7 heteroatoms. The molecule has 6 nitrogen and oxygen atoms in total. The Kier molecular flexibility index (Phi) is 5.90. The van der Waals surface area contributed by atoms with E-state index in [2.05, 4.69) is 0 Å². The third kappa shape index (κ3) is 3.42. The van der Waals surface area contributed by atoms with Crippen LogP contribution in [0.4, 0.5) is 5.69 Å². The quantitative estimate of drug-likeness (QED) is 0.581. The van der Waals surface area contributed by atoms with E-state index in [4.69, 9.17) is 16.4 Å². The number of aliphatic hydroxyl groups is 1. The zero-order valence-electron chi connectivity index (χ0n) is 15.9. The number of rotatable bonds is 6. The average molecular weight is 407 g/mol. The van der Waals surface area contributed by atoms with Crippen LogP contribution in [0.15, 0.2) is 30.3 Å². The highest BCUT2D eigenvalue weighted by Gasteiger charge is 2.61. The molecule has 2 heterocycles. The van der Waals surface area contributed by atoms with Crippen molar-refractivity contribution in [1.29, 1.82) is 0 Å². The lowest BCUT2D eigenvalue weighted by Gasteiger charge is -2.34. The number of benzene rings is 1. The molecule has 4 atom stereocenters. The van der Waals surface area contributed by atoms with Crippen LogP contribution in [0, 0.1) is 5.92 Å². The van der Waals surface area contributed by atoms with Crippen molar-refractivity contribution in [3.8, 4) is 0 Å². The Bertz CT molecular complexity index is 710. The standard InChI is InChI=1S/C21H27ClN2O4/c22-16(12-7-13-25)18-17-19(28-24(18)15-10-5-2-6-11-15)21(27)23(20(17)26)14-8-3-1-4-9-14/h2,5-6,10-11,14,16-19,25H,1,3-4,7-9,12-13H2/t16?,17-,18+,19+/m0/s1. The van der Waals surface area contributed by atoms with Crippen LogP contribution < -0.4 is 5.06 Å². The molecular weight excluding hydrogens is 380 g/mol. The second kappa shape index (κ2) is 8.39. The van der Waals surface area contributed by atoms with Crippen LogP contribution in [0.1, 0.15) is 44.9 Å². The third-order valence-electron chi connectivity index (χ3n) is 6.15. The van der Waals surface area contributed by atoms with Crippen LogP contribution in [-0.4, -0.2) is 52.0 Å². The van der Waals surface area contributed by atoms with Gasteiger partial charge >= 0.3 is 0 Å². The lowest BCUT2D eigenvalue weighted by atomic mass is 9.91. The third-order valence-corrected chi connectivity index (χ3v) is 6.63. The number of para-hydroxylation sites is 1. The summed E-state index contributed by atoms with van der Waals surface area (Å²) in [5.74, 6) is -0.979. The smallest absolute Gasteiger partial charge is 0.262 e. The molecule has 28 heavy (non-hydrogen) atoms. The molecule has 1 unspecified atom stereocenters. The van der Waals surface area contributed by atoms with Gasteiger partial charge in [0.05, 0.1) is 17.1 Å². The Labute approximate surface area is 170 Å². The molecule has 0 aromatic heterocycles. The molecule has 4 rings (SSSR count). The van der Waals surface area contributed by atoms with E-state index in [9.17, 15) is 14.7 Å². The molecule has 1 aromatic rings. The van der Waals surface area contributed by atoms with Gasteiger partial charge in [0.15, 0.2) is 6.10 Å². The summed E-state index contributed by atoms with van der Waals surface area (Å²) in [7, 11) is 0. The highest BCUT2D eigenvalue weighted by Crippen LogP contribution is 2.43. The van der Waals surface area contributed by atoms with Gasteiger partial charge in [0, 0.05) is 12.6 Å². The van der Waals surface area contributed by atoms with Gasteiger partial charge in [0.1, 0.15) is 5.92 Å². The van der Waals surface area contributed by atoms with Crippen molar-refractivity contribution < 1.29 is 19.5 Å². The predicted octanol–water partition coefficient (Wildman–Crippen LogP) is 2.87. The van der Waals surface area contributed by atoms with Crippen LogP contribution in [-0.2, 0) is 14.4 Å². The van der Waals surface area contributed by atoms with Crippen molar-refractivity contribution in [2.75, 3.05) is 11.7 Å². The molecule has 2 saturated heterocycles. The van der Waals surface area contributed by atoms with Gasteiger partial charge in [-0.2, -0.15) is 0 Å². The topological polar surface area (TPSA) is 70.1 Å². The van der Waals surface area contributed by atoms with Crippen LogP contribution in [0.2, 0.25) is 0 Å². The van der Waals surface area contributed by atoms with Crippen LogP contribution in [0.5, 0.6) is 0 Å². The summed E-state index contributed by atoms with van der Waals surface area (Å²) in [5, 5.41) is 10.4. The average Bonchev–Trinajstić information content (AvgIpc) is 3.24. The molecule has 1 aromatic carbocycles. The normalized spacial score (nSPS) is 29.4. The molecule has 3 aliphatic rings. The Hall–Kier alpha value is -1.63. The summed E-state index contributed by atoms with van der Waals surface area (Å²) in [6.45, 7) is 0.0390. The van der Waals surface area contributed by atoms with Crippen molar-refractivity contribution in [2.45, 2.75) is 68.5 Å². The highest BCUT2D eigenvalue weighted by atomic mass is 35.5. The molecule has 2 aliphatic heterocycles. The first-order valence-corrected chi connectivity index (χ1v) is 10.7. The summed E-state index contributed by atoms with van der Waals surface area (Å²) in [4.78, 5) is 34.0. The molecular formula is C21H27ClN2O4. The molecule has 1 aliphatic carbocycles. The number of likely N-dealkylation sites (tertiary alicyclic amines) is 1. The molecule has 1 N–H and O–H groups in total. The number of imide groups is 1. The Morgan fingerprint density at radius 3 is 2.50 bits per heavy atom. The molecule has 152 valence electrons. The number of carbonyl (C=O) groups excluding carboxylic acids is 2. The van der Waals surface area contributed by atoms with E-state index >= 15 is 0 Å². The monoisotopic (exact) mass is 406 g/mol. The number of carbonyl (C=O) groups is 2. The van der Waals surface area contributed by atoms with Crippen molar-refractivity contribution in [3.05, 3.63) is 30.3 Å². The lowest BCUT2D eigenvalue weighted by molar-refractivity contribution is -0.146. The number of aliphatic hydroxyl groups excluding tert-OH is 1. The number of fused-ring (bicyclic) bond motifs is 1. The van der Waals surface area contributed by atoms with Gasteiger partial charge in [0.25, 0.3) is 5.91 Å². The number of halogens is 1. The van der Waals surface area contributed by atoms with E-state index in [0.29, 0.717) is 12.8 Å². The number of amides is 2. The van der Waals surface area contributed by atoms with E-state index in [0.717, 1.165) is 37.8 Å². The molecule has 1 saturated carbocycles. The first-order chi connectivity index (χ1) is 13.6. The molecule has 0 bridgehead atoms. The fourth-order valence-corrected chi connectivity index (χ4v) is 5.21. The summed E-state index contributed by atoms with van der Waals surface area (Å²) in [6.07, 6.45) is 5.28. The van der Waals surface area contributed by atoms with Gasteiger partial charge in [-0.25, -0.2) is 5.06 Å². The zero-order chi connectivity index (χ0) is 19.7. The van der Waals surface area contributed by atoms with E-state index in [1.807, 2.05) is 30.3 Å². The first kappa shape index (κ1) is 19.7. The largest absolute Gasteiger partial charge is 0.396 e. The van der Waals surface area contributed by atoms with Gasteiger partial charge in [0.2, 0.25) is 5.91 Å². The molecule has 0 radical (unpaired) electrons. The van der Waals surface area contributed by atoms with Crippen molar-refractivity contribution >= 4 is 29.1 Å². The summed E-state index contributed by atoms with van der Waals surface area (Å²) in [6, 6.07) is 9.00. The van der Waals surface area contributed by atoms with Gasteiger partial charge in [-0.15, -0.1) is 11.6 Å². The van der Waals surface area contributed by atoms with Gasteiger partial charge < -0.3 is 5.11 Å². The van der Waals surface area contributed by atoms with Gasteiger partial charge in [-0.05, 0) is 37.8 Å². The maximum absolute atomic E-state index is 13.4. The predicted molar refractivity (Wildman–Crippen MR) is 106 cm³/mol. The minimum atomic E-state index is -0.810. The first-order valence-electron chi connectivity index (χ1n) is 10.3. The Balaban J connectivity index is 1.63. The van der Waals surface area contributed by atoms with Crippen LogP contribution >= 0.6 is 11.6 Å². The minimum Gasteiger partial charge on any atom is -0.396 e. The van der Waals surface area contributed by atoms with E-state index in [1.165, 1.54) is 4.90 Å². The maximum atomic E-state index is 13.4. The molecule has 2 amide bonds. The van der Waals surface area contributed by atoms with Gasteiger partial charge in [-0.1, -0.05) is 37.5 Å². The van der Waals surface area contributed by atoms with E-state index in [-0.39, 0.29) is 24.5 Å². The second-order valence-corrected chi connectivity index (χ2v) is 8.48. The van der Waals surface area contributed by atoms with Crippen molar-refractivity contribution in [1.82, 2.24) is 4.90 Å². The number of nitrogens with zero attached hydrogens (tertiary/aromatic N) is 2. The lowest BCUT2D eigenvalue weighted by Crippen LogP contribution is -2.48. The summed E-state index contributed by atoms with van der Waals surface area (Å²) < 4.78 is 0. The van der Waals surface area contributed by atoms with Crippen LogP contribution in [0.3, 0.4) is 0 Å².